The van der Waals surface area contributed by atoms with E-state index >= 15 is 0 Å². The topological polar surface area (TPSA) is 104 Å². The van der Waals surface area contributed by atoms with Crippen LogP contribution in [-0.2, 0) is 26.3 Å². The predicted molar refractivity (Wildman–Crippen MR) is 169 cm³/mol. The van der Waals surface area contributed by atoms with Crippen LogP contribution in [0.1, 0.15) is 75.1 Å². The second kappa shape index (κ2) is 17.7. The molecule has 0 radical (unpaired) electrons. The van der Waals surface area contributed by atoms with Gasteiger partial charge in [0.2, 0.25) is 0 Å². The maximum absolute atomic E-state index is 11.6. The fourth-order valence-corrected chi connectivity index (χ4v) is 4.78. The molecule has 3 rings (SSSR count). The SMILES string of the molecule is CCCCOC(=O)COCCCCCOc1c(Cl)cc(C(C)(C)c2ccc(OCc3cnc(SC)nc3)cc2)cc1C#N. The van der Waals surface area contributed by atoms with Gasteiger partial charge in [-0.2, -0.15) is 5.26 Å². The van der Waals surface area contributed by atoms with Crippen molar-refractivity contribution in [1.82, 2.24) is 9.97 Å². The molecule has 0 saturated carbocycles. The Bertz CT molecular complexity index is 1340. The van der Waals surface area contributed by atoms with E-state index in [-0.39, 0.29) is 12.6 Å². The molecule has 0 saturated heterocycles. The molecule has 1 heterocycles. The van der Waals surface area contributed by atoms with E-state index in [9.17, 15) is 10.1 Å². The number of carbonyl (C=O) groups is 1. The van der Waals surface area contributed by atoms with Gasteiger partial charge in [-0.1, -0.05) is 62.7 Å². The molecular formula is C33H40ClN3O5S. The van der Waals surface area contributed by atoms with Gasteiger partial charge in [0, 0.05) is 30.0 Å². The van der Waals surface area contributed by atoms with Gasteiger partial charge < -0.3 is 18.9 Å². The van der Waals surface area contributed by atoms with E-state index in [2.05, 4.69) is 29.9 Å². The van der Waals surface area contributed by atoms with Gasteiger partial charge >= 0.3 is 5.97 Å². The van der Waals surface area contributed by atoms with Crippen LogP contribution in [0.25, 0.3) is 0 Å². The summed E-state index contributed by atoms with van der Waals surface area (Å²) in [7, 11) is 0. The van der Waals surface area contributed by atoms with Crippen LogP contribution in [0.3, 0.4) is 0 Å². The highest BCUT2D eigenvalue weighted by Crippen LogP contribution is 2.38. The summed E-state index contributed by atoms with van der Waals surface area (Å²) < 4.78 is 22.3. The third-order valence-electron chi connectivity index (χ3n) is 6.89. The number of thioether (sulfide) groups is 1. The fraction of sp³-hybridized carbons (Fsp3) is 0.455. The molecule has 0 aliphatic carbocycles. The van der Waals surface area contributed by atoms with Gasteiger partial charge in [-0.05, 0) is 67.3 Å². The first-order chi connectivity index (χ1) is 20.8. The lowest BCUT2D eigenvalue weighted by atomic mass is 9.77. The van der Waals surface area contributed by atoms with Gasteiger partial charge in [-0.25, -0.2) is 14.8 Å². The number of carbonyl (C=O) groups excluding carboxylic acids is 1. The van der Waals surface area contributed by atoms with Crippen molar-refractivity contribution in [2.45, 2.75) is 70.1 Å². The highest BCUT2D eigenvalue weighted by Gasteiger charge is 2.26. The van der Waals surface area contributed by atoms with Crippen molar-refractivity contribution >= 4 is 29.3 Å². The Morgan fingerprint density at radius 2 is 1.70 bits per heavy atom. The number of benzene rings is 2. The number of nitrogens with zero attached hydrogens (tertiary/aromatic N) is 3. The quantitative estimate of drug-likeness (QED) is 0.0613. The van der Waals surface area contributed by atoms with Gasteiger partial charge in [0.15, 0.2) is 10.9 Å². The number of hydrogen-bond acceptors (Lipinski definition) is 9. The molecule has 3 aromatic rings. The zero-order valence-corrected chi connectivity index (χ0v) is 26.9. The van der Waals surface area contributed by atoms with Crippen molar-refractivity contribution in [1.29, 1.82) is 5.26 Å². The summed E-state index contributed by atoms with van der Waals surface area (Å²) in [5, 5.41) is 11.0. The number of hydrogen-bond donors (Lipinski definition) is 0. The van der Waals surface area contributed by atoms with Gasteiger partial charge in [-0.15, -0.1) is 0 Å². The number of ether oxygens (including phenoxy) is 4. The fourth-order valence-electron chi connectivity index (χ4n) is 4.19. The maximum atomic E-state index is 11.6. The van der Waals surface area contributed by atoms with Crippen LogP contribution >= 0.6 is 23.4 Å². The lowest BCUT2D eigenvalue weighted by Crippen LogP contribution is -2.19. The zero-order chi connectivity index (χ0) is 31.1. The number of unbranched alkanes of at least 4 members (excludes halogenated alkanes) is 3. The molecule has 0 unspecified atom stereocenters. The zero-order valence-electron chi connectivity index (χ0n) is 25.4. The summed E-state index contributed by atoms with van der Waals surface area (Å²) in [6.45, 7) is 7.92. The molecule has 43 heavy (non-hydrogen) atoms. The summed E-state index contributed by atoms with van der Waals surface area (Å²) in [4.78, 5) is 20.1. The van der Waals surface area contributed by atoms with Gasteiger partial charge in [0.25, 0.3) is 0 Å². The van der Waals surface area contributed by atoms with Gasteiger partial charge in [0.1, 0.15) is 25.0 Å². The number of halogens is 1. The van der Waals surface area contributed by atoms with Crippen molar-refractivity contribution in [3.63, 3.8) is 0 Å². The number of esters is 1. The minimum Gasteiger partial charge on any atom is -0.491 e. The molecule has 0 bridgehead atoms. The number of nitriles is 1. The minimum absolute atomic E-state index is 0.0225. The smallest absolute Gasteiger partial charge is 0.332 e. The number of aromatic nitrogens is 2. The summed E-state index contributed by atoms with van der Waals surface area (Å²) >= 11 is 8.13. The second-order valence-electron chi connectivity index (χ2n) is 10.5. The van der Waals surface area contributed by atoms with Crippen LogP contribution in [0.4, 0.5) is 0 Å². The molecule has 0 N–H and O–H groups in total. The summed E-state index contributed by atoms with van der Waals surface area (Å²) in [6, 6.07) is 13.9. The molecule has 0 spiro atoms. The number of rotatable bonds is 18. The molecule has 2 aromatic carbocycles. The molecule has 8 nitrogen and oxygen atoms in total. The van der Waals surface area contributed by atoms with E-state index in [0.29, 0.717) is 42.8 Å². The molecule has 0 fully saturated rings. The average Bonchev–Trinajstić information content (AvgIpc) is 3.02. The first kappa shape index (κ1) is 34.2. The first-order valence-corrected chi connectivity index (χ1v) is 16.1. The van der Waals surface area contributed by atoms with E-state index in [1.165, 1.54) is 11.8 Å². The van der Waals surface area contributed by atoms with Crippen molar-refractivity contribution < 1.29 is 23.7 Å². The highest BCUT2D eigenvalue weighted by atomic mass is 35.5. The summed E-state index contributed by atoms with van der Waals surface area (Å²) in [5.41, 5.74) is 2.84. The van der Waals surface area contributed by atoms with E-state index in [4.69, 9.17) is 30.5 Å². The predicted octanol–water partition coefficient (Wildman–Crippen LogP) is 7.54. The molecule has 0 amide bonds. The maximum Gasteiger partial charge on any atom is 0.332 e. The Balaban J connectivity index is 1.50. The van der Waals surface area contributed by atoms with Crippen LogP contribution in [0.5, 0.6) is 11.5 Å². The van der Waals surface area contributed by atoms with Gasteiger partial charge in [0.05, 0.1) is 23.8 Å². The Morgan fingerprint density at radius 3 is 2.37 bits per heavy atom. The Labute approximate surface area is 264 Å². The van der Waals surface area contributed by atoms with Crippen LogP contribution in [0.15, 0.2) is 53.9 Å². The van der Waals surface area contributed by atoms with Crippen molar-refractivity contribution in [2.75, 3.05) is 32.7 Å². The highest BCUT2D eigenvalue weighted by molar-refractivity contribution is 7.98. The Kier molecular flexibility index (Phi) is 14.1. The first-order valence-electron chi connectivity index (χ1n) is 14.5. The van der Waals surface area contributed by atoms with E-state index in [1.807, 2.05) is 49.6 Å². The third kappa shape index (κ3) is 10.7. The largest absolute Gasteiger partial charge is 0.491 e. The normalized spacial score (nSPS) is 11.2. The molecule has 0 aliphatic heterocycles. The van der Waals surface area contributed by atoms with Crippen molar-refractivity contribution in [3.8, 4) is 17.6 Å². The molecule has 230 valence electrons. The molecular weight excluding hydrogens is 586 g/mol. The van der Waals surface area contributed by atoms with E-state index in [0.717, 1.165) is 59.7 Å². The van der Waals surface area contributed by atoms with Crippen molar-refractivity contribution in [2.24, 2.45) is 0 Å². The lowest BCUT2D eigenvalue weighted by Gasteiger charge is -2.27. The van der Waals surface area contributed by atoms with Gasteiger partial charge in [-0.3, -0.25) is 0 Å². The van der Waals surface area contributed by atoms with Crippen LogP contribution in [-0.4, -0.2) is 48.6 Å². The van der Waals surface area contributed by atoms with E-state index < -0.39 is 5.41 Å². The summed E-state index contributed by atoms with van der Waals surface area (Å²) in [6.07, 6.45) is 9.74. The third-order valence-corrected chi connectivity index (χ3v) is 7.75. The molecule has 1 aromatic heterocycles. The minimum atomic E-state index is -0.420. The monoisotopic (exact) mass is 625 g/mol. The molecule has 0 atom stereocenters. The second-order valence-corrected chi connectivity index (χ2v) is 11.7. The standard InChI is InChI=1S/C33H40ClN3O5S/c1-5-6-15-40-30(38)23-39-14-8-7-9-16-41-31-25(19-35)17-27(18-29(31)34)33(2,3)26-10-12-28(13-11-26)42-22-24-20-36-32(43-4)37-21-24/h10-13,17-18,20-21H,5-9,14-16,22-23H2,1-4H3. The Morgan fingerprint density at radius 1 is 0.977 bits per heavy atom. The van der Waals surface area contributed by atoms with Crippen LogP contribution in [0.2, 0.25) is 5.02 Å². The summed E-state index contributed by atoms with van der Waals surface area (Å²) in [5.74, 6) is 0.810. The van der Waals surface area contributed by atoms with Crippen LogP contribution in [0, 0.1) is 11.3 Å². The van der Waals surface area contributed by atoms with Crippen LogP contribution < -0.4 is 9.47 Å². The molecule has 10 heteroatoms. The lowest BCUT2D eigenvalue weighted by molar-refractivity contribution is -0.149. The van der Waals surface area contributed by atoms with E-state index in [1.54, 1.807) is 12.4 Å². The Hall–Kier alpha value is -3.32. The van der Waals surface area contributed by atoms with Crippen molar-refractivity contribution in [3.05, 3.63) is 76.1 Å². The average molecular weight is 626 g/mol. The molecule has 0 aliphatic rings.